The number of benzene rings is 2. The Bertz CT molecular complexity index is 1470. The quantitative estimate of drug-likeness (QED) is 0.250. The molecule has 1 amide bonds. The molecule has 2 N–H and O–H groups in total. The van der Waals surface area contributed by atoms with Gasteiger partial charge in [-0.2, -0.15) is 0 Å². The first kappa shape index (κ1) is 22.3. The lowest BCUT2D eigenvalue weighted by atomic mass is 9.98. The minimum atomic E-state index is -0.965. The molecule has 1 saturated heterocycles. The molecule has 176 valence electrons. The van der Waals surface area contributed by atoms with Gasteiger partial charge in [0.15, 0.2) is 0 Å². The molecule has 2 aromatic carbocycles. The number of aliphatic hydroxyl groups excluding tert-OH is 1. The van der Waals surface area contributed by atoms with Crippen molar-refractivity contribution in [1.29, 1.82) is 0 Å². The van der Waals surface area contributed by atoms with Gasteiger partial charge in [-0.05, 0) is 62.7 Å². The number of nitrogens with zero attached hydrogens (tertiary/aromatic N) is 3. The van der Waals surface area contributed by atoms with Gasteiger partial charge in [-0.3, -0.25) is 19.5 Å². The van der Waals surface area contributed by atoms with Crippen LogP contribution < -0.4 is 9.64 Å². The van der Waals surface area contributed by atoms with Gasteiger partial charge >= 0.3 is 5.91 Å². The number of aromatic amines is 1. The Balaban J connectivity index is 1.68. The number of pyridine rings is 1. The predicted molar refractivity (Wildman–Crippen MR) is 132 cm³/mol. The van der Waals surface area contributed by atoms with Gasteiger partial charge in [0.1, 0.15) is 17.6 Å². The fourth-order valence-electron chi connectivity index (χ4n) is 4.24. The molecular formula is C27H24N4O4. The minimum Gasteiger partial charge on any atom is -0.507 e. The second-order valence-electron chi connectivity index (χ2n) is 8.70. The molecule has 35 heavy (non-hydrogen) atoms. The Hall–Kier alpha value is -4.46. The van der Waals surface area contributed by atoms with Gasteiger partial charge < -0.3 is 14.8 Å². The monoisotopic (exact) mass is 468 g/mol. The third kappa shape index (κ3) is 4.03. The number of Topliss-reactive ketones (excluding diaryl/α,β-unsaturated/α-hetero) is 1. The maximum atomic E-state index is 13.3. The van der Waals surface area contributed by atoms with Gasteiger partial charge in [0.05, 0.1) is 28.4 Å². The first-order valence-electron chi connectivity index (χ1n) is 11.3. The van der Waals surface area contributed by atoms with Crippen molar-refractivity contribution in [3.05, 3.63) is 89.3 Å². The van der Waals surface area contributed by atoms with E-state index >= 15 is 0 Å². The number of fused-ring (bicyclic) bond motifs is 1. The largest absolute Gasteiger partial charge is 0.507 e. The summed E-state index contributed by atoms with van der Waals surface area (Å²) in [4.78, 5) is 40.0. The van der Waals surface area contributed by atoms with E-state index in [1.54, 1.807) is 48.7 Å². The van der Waals surface area contributed by atoms with Gasteiger partial charge in [-0.1, -0.05) is 24.3 Å². The highest BCUT2D eigenvalue weighted by molar-refractivity contribution is 6.51. The van der Waals surface area contributed by atoms with Gasteiger partial charge in [-0.25, -0.2) is 4.98 Å². The van der Waals surface area contributed by atoms with E-state index in [0.29, 0.717) is 22.5 Å². The first-order chi connectivity index (χ1) is 16.8. The Morgan fingerprint density at radius 1 is 1.09 bits per heavy atom. The summed E-state index contributed by atoms with van der Waals surface area (Å²) in [6, 6.07) is 16.7. The number of H-pyrrole nitrogens is 1. The van der Waals surface area contributed by atoms with Crippen LogP contribution in [0.1, 0.15) is 36.7 Å². The Morgan fingerprint density at radius 3 is 2.66 bits per heavy atom. The summed E-state index contributed by atoms with van der Waals surface area (Å²) >= 11 is 0. The Kier molecular flexibility index (Phi) is 5.56. The van der Waals surface area contributed by atoms with Gasteiger partial charge in [-0.15, -0.1) is 0 Å². The van der Waals surface area contributed by atoms with Crippen molar-refractivity contribution in [2.45, 2.75) is 32.9 Å². The van der Waals surface area contributed by atoms with Crippen LogP contribution in [0.15, 0.2) is 72.4 Å². The lowest BCUT2D eigenvalue weighted by molar-refractivity contribution is -0.132. The van der Waals surface area contributed by atoms with Crippen LogP contribution in [0.5, 0.6) is 5.75 Å². The molecular weight excluding hydrogens is 444 g/mol. The summed E-state index contributed by atoms with van der Waals surface area (Å²) in [5.74, 6) is -1.17. The van der Waals surface area contributed by atoms with Crippen molar-refractivity contribution in [2.75, 3.05) is 4.90 Å². The van der Waals surface area contributed by atoms with Crippen LogP contribution in [0.2, 0.25) is 0 Å². The van der Waals surface area contributed by atoms with Crippen LogP contribution >= 0.6 is 0 Å². The molecule has 5 rings (SSSR count). The second kappa shape index (κ2) is 8.72. The summed E-state index contributed by atoms with van der Waals surface area (Å²) in [5.41, 5.74) is 3.15. The average Bonchev–Trinajstić information content (AvgIpc) is 3.36. The van der Waals surface area contributed by atoms with Crippen LogP contribution in [-0.4, -0.2) is 37.9 Å². The van der Waals surface area contributed by atoms with E-state index in [9.17, 15) is 14.7 Å². The highest BCUT2D eigenvalue weighted by Crippen LogP contribution is 2.41. The third-order valence-corrected chi connectivity index (χ3v) is 5.74. The van der Waals surface area contributed by atoms with Crippen molar-refractivity contribution in [3.8, 4) is 5.75 Å². The Morgan fingerprint density at radius 2 is 1.91 bits per heavy atom. The van der Waals surface area contributed by atoms with Crippen molar-refractivity contribution in [2.24, 2.45) is 0 Å². The molecule has 4 aromatic rings. The van der Waals surface area contributed by atoms with Gasteiger partial charge in [0.25, 0.3) is 5.78 Å². The number of amides is 1. The molecule has 0 bridgehead atoms. The smallest absolute Gasteiger partial charge is 0.302 e. The predicted octanol–water partition coefficient (Wildman–Crippen LogP) is 4.68. The summed E-state index contributed by atoms with van der Waals surface area (Å²) < 4.78 is 5.74. The van der Waals surface area contributed by atoms with Crippen molar-refractivity contribution in [1.82, 2.24) is 15.0 Å². The number of ether oxygens (including phenoxy) is 1. The van der Waals surface area contributed by atoms with Crippen molar-refractivity contribution in [3.63, 3.8) is 0 Å². The normalized spacial score (nSPS) is 17.5. The number of aromatic nitrogens is 3. The number of imidazole rings is 1. The molecule has 8 nitrogen and oxygen atoms in total. The lowest BCUT2D eigenvalue weighted by Crippen LogP contribution is -2.30. The van der Waals surface area contributed by atoms with E-state index in [4.69, 9.17) is 4.74 Å². The van der Waals surface area contributed by atoms with E-state index in [2.05, 4.69) is 15.0 Å². The van der Waals surface area contributed by atoms with Crippen LogP contribution in [0.3, 0.4) is 0 Å². The van der Waals surface area contributed by atoms with E-state index in [1.807, 2.05) is 39.0 Å². The first-order valence-corrected chi connectivity index (χ1v) is 11.3. The number of nitrogens with one attached hydrogen (secondary N) is 1. The zero-order chi connectivity index (χ0) is 24.7. The molecule has 1 fully saturated rings. The summed E-state index contributed by atoms with van der Waals surface area (Å²) in [6.07, 6.45) is 1.51. The fourth-order valence-corrected chi connectivity index (χ4v) is 4.24. The standard InChI is InChI=1S/C27H24N4O4/c1-15(2)35-18-8-6-7-17(14-18)24(32)22-23(20-9-4-5-12-28-20)31(26(34)25(22)33)27-29-19-11-10-16(3)13-21(19)30-27/h4-15,23,32H,1-3H3,(H,29,30)/b24-22+. The third-order valence-electron chi connectivity index (χ3n) is 5.74. The molecule has 1 atom stereocenters. The number of ketones is 1. The summed E-state index contributed by atoms with van der Waals surface area (Å²) in [6.45, 7) is 5.75. The lowest BCUT2D eigenvalue weighted by Gasteiger charge is -2.22. The minimum absolute atomic E-state index is 0.0629. The van der Waals surface area contributed by atoms with Crippen molar-refractivity contribution >= 4 is 34.4 Å². The fraction of sp³-hybridized carbons (Fsp3) is 0.185. The average molecular weight is 469 g/mol. The Labute approximate surface area is 201 Å². The SMILES string of the molecule is Cc1ccc2nc(N3C(=O)C(=O)/C(=C(/O)c4cccc(OC(C)C)c4)C3c3ccccn3)[nH]c2c1. The van der Waals surface area contributed by atoms with E-state index in [0.717, 1.165) is 11.1 Å². The van der Waals surface area contributed by atoms with Crippen molar-refractivity contribution < 1.29 is 19.4 Å². The molecule has 0 spiro atoms. The zero-order valence-electron chi connectivity index (χ0n) is 19.5. The molecule has 2 aromatic heterocycles. The van der Waals surface area contributed by atoms with Crippen LogP contribution in [0.4, 0.5) is 5.95 Å². The topological polar surface area (TPSA) is 108 Å². The van der Waals surface area contributed by atoms with Crippen LogP contribution in [0.25, 0.3) is 16.8 Å². The number of aliphatic hydroxyl groups is 1. The molecule has 1 unspecified atom stereocenters. The maximum absolute atomic E-state index is 13.3. The number of carbonyl (C=O) groups is 2. The molecule has 8 heteroatoms. The molecule has 1 aliphatic heterocycles. The van der Waals surface area contributed by atoms with Crippen LogP contribution in [-0.2, 0) is 9.59 Å². The highest BCUT2D eigenvalue weighted by atomic mass is 16.5. The zero-order valence-corrected chi connectivity index (χ0v) is 19.5. The highest BCUT2D eigenvalue weighted by Gasteiger charge is 2.48. The van der Waals surface area contributed by atoms with E-state index in [1.165, 1.54) is 4.90 Å². The van der Waals surface area contributed by atoms with E-state index < -0.39 is 17.7 Å². The number of carbonyl (C=O) groups excluding carboxylic acids is 2. The molecule has 0 saturated carbocycles. The summed E-state index contributed by atoms with van der Waals surface area (Å²) in [5, 5.41) is 11.3. The molecule has 1 aliphatic rings. The van der Waals surface area contributed by atoms with Crippen LogP contribution in [0, 0.1) is 6.92 Å². The second-order valence-corrected chi connectivity index (χ2v) is 8.70. The van der Waals surface area contributed by atoms with Gasteiger partial charge in [0.2, 0.25) is 5.95 Å². The number of hydrogen-bond donors (Lipinski definition) is 2. The van der Waals surface area contributed by atoms with Gasteiger partial charge in [0, 0.05) is 11.8 Å². The molecule has 3 heterocycles. The number of anilines is 1. The summed E-state index contributed by atoms with van der Waals surface area (Å²) in [7, 11) is 0. The number of rotatable bonds is 5. The molecule has 0 radical (unpaired) electrons. The van der Waals surface area contributed by atoms with E-state index in [-0.39, 0.29) is 23.4 Å². The molecule has 0 aliphatic carbocycles. The maximum Gasteiger partial charge on any atom is 0.302 e. The number of aryl methyl sites for hydroxylation is 1. The number of hydrogen-bond acceptors (Lipinski definition) is 6.